The van der Waals surface area contributed by atoms with Gasteiger partial charge in [-0.05, 0) is 37.6 Å². The number of aryl methyl sites for hydroxylation is 1. The number of hydrogen-bond acceptors (Lipinski definition) is 5. The highest BCUT2D eigenvalue weighted by atomic mass is 16.6. The van der Waals surface area contributed by atoms with Crippen LogP contribution >= 0.6 is 0 Å². The fraction of sp³-hybridized carbons (Fsp3) is 0.350. The number of pyridine rings is 1. The van der Waals surface area contributed by atoms with E-state index in [1.165, 1.54) is 0 Å². The highest BCUT2D eigenvalue weighted by molar-refractivity contribution is 6.04. The van der Waals surface area contributed by atoms with Crippen LogP contribution in [0.15, 0.2) is 42.6 Å². The topological polar surface area (TPSA) is 74.8 Å². The van der Waals surface area contributed by atoms with Gasteiger partial charge in [-0.25, -0.2) is 9.78 Å². The molecule has 0 spiro atoms. The quantitative estimate of drug-likeness (QED) is 0.898. The van der Waals surface area contributed by atoms with Crippen molar-refractivity contribution in [3.8, 4) is 0 Å². The molecule has 1 N–H and O–H groups in total. The van der Waals surface area contributed by atoms with Gasteiger partial charge in [0.2, 0.25) is 0 Å². The van der Waals surface area contributed by atoms with Gasteiger partial charge in [0.25, 0.3) is 5.91 Å². The summed E-state index contributed by atoms with van der Waals surface area (Å²) in [5, 5.41) is 2.83. The second-order valence-electron chi connectivity index (χ2n) is 6.34. The number of amides is 2. The van der Waals surface area contributed by atoms with Crippen molar-refractivity contribution in [1.29, 1.82) is 0 Å². The minimum absolute atomic E-state index is 0.170. The molecule has 0 unspecified atom stereocenters. The SMILES string of the molecule is CCOC(=O)N1CCN(c2ccc(NC(=O)c3ccccc3C)nc2)CC1. The van der Waals surface area contributed by atoms with Crippen LogP contribution in [0.3, 0.4) is 0 Å². The lowest BCUT2D eigenvalue weighted by Gasteiger charge is -2.35. The Morgan fingerprint density at radius 2 is 1.85 bits per heavy atom. The molecule has 0 aliphatic carbocycles. The van der Waals surface area contributed by atoms with E-state index in [-0.39, 0.29) is 12.0 Å². The Balaban J connectivity index is 1.57. The van der Waals surface area contributed by atoms with Crippen molar-refractivity contribution in [2.24, 2.45) is 0 Å². The molecule has 0 bridgehead atoms. The lowest BCUT2D eigenvalue weighted by atomic mass is 10.1. The summed E-state index contributed by atoms with van der Waals surface area (Å²) >= 11 is 0. The highest BCUT2D eigenvalue weighted by Gasteiger charge is 2.22. The first-order valence-corrected chi connectivity index (χ1v) is 9.08. The number of carbonyl (C=O) groups is 2. The van der Waals surface area contributed by atoms with Gasteiger partial charge >= 0.3 is 6.09 Å². The van der Waals surface area contributed by atoms with E-state index >= 15 is 0 Å². The molecular weight excluding hydrogens is 344 g/mol. The van der Waals surface area contributed by atoms with Gasteiger partial charge in [-0.2, -0.15) is 0 Å². The van der Waals surface area contributed by atoms with Crippen molar-refractivity contribution in [3.63, 3.8) is 0 Å². The fourth-order valence-electron chi connectivity index (χ4n) is 3.02. The van der Waals surface area contributed by atoms with Crippen LogP contribution in [0.1, 0.15) is 22.8 Å². The van der Waals surface area contributed by atoms with Gasteiger partial charge in [0.1, 0.15) is 5.82 Å². The number of piperazine rings is 1. The van der Waals surface area contributed by atoms with Crippen LogP contribution < -0.4 is 10.2 Å². The van der Waals surface area contributed by atoms with Crippen LogP contribution in [-0.2, 0) is 4.74 Å². The minimum Gasteiger partial charge on any atom is -0.450 e. The van der Waals surface area contributed by atoms with E-state index in [4.69, 9.17) is 4.74 Å². The summed E-state index contributed by atoms with van der Waals surface area (Å²) in [6, 6.07) is 11.2. The van der Waals surface area contributed by atoms with Gasteiger partial charge in [0, 0.05) is 31.7 Å². The monoisotopic (exact) mass is 368 g/mol. The zero-order valence-electron chi connectivity index (χ0n) is 15.6. The van der Waals surface area contributed by atoms with Gasteiger partial charge in [0.05, 0.1) is 18.5 Å². The summed E-state index contributed by atoms with van der Waals surface area (Å²) in [5.41, 5.74) is 2.52. The van der Waals surface area contributed by atoms with Crippen LogP contribution in [0.4, 0.5) is 16.3 Å². The molecule has 0 radical (unpaired) electrons. The van der Waals surface area contributed by atoms with E-state index < -0.39 is 0 Å². The number of aromatic nitrogens is 1. The summed E-state index contributed by atoms with van der Waals surface area (Å²) in [5.74, 6) is 0.341. The number of hydrogen-bond donors (Lipinski definition) is 1. The van der Waals surface area contributed by atoms with Gasteiger partial charge in [-0.3, -0.25) is 4.79 Å². The maximum Gasteiger partial charge on any atom is 0.409 e. The van der Waals surface area contributed by atoms with Gasteiger partial charge in [-0.1, -0.05) is 18.2 Å². The number of ether oxygens (including phenoxy) is 1. The van der Waals surface area contributed by atoms with Gasteiger partial charge in [-0.15, -0.1) is 0 Å². The third-order valence-electron chi connectivity index (χ3n) is 4.55. The Kier molecular flexibility index (Phi) is 5.90. The normalized spacial score (nSPS) is 14.0. The molecule has 0 saturated carbocycles. The van der Waals surface area contributed by atoms with Gasteiger partial charge in [0.15, 0.2) is 0 Å². The zero-order valence-corrected chi connectivity index (χ0v) is 15.6. The maximum absolute atomic E-state index is 12.4. The van der Waals surface area contributed by atoms with Crippen LogP contribution in [0.5, 0.6) is 0 Å². The molecule has 1 aliphatic heterocycles. The number of rotatable bonds is 4. The fourth-order valence-corrected chi connectivity index (χ4v) is 3.02. The molecule has 3 rings (SSSR count). The second-order valence-corrected chi connectivity index (χ2v) is 6.34. The van der Waals surface area contributed by atoms with E-state index in [0.29, 0.717) is 31.1 Å². The molecule has 7 nitrogen and oxygen atoms in total. The molecule has 7 heteroatoms. The number of carbonyl (C=O) groups excluding carboxylic acids is 2. The maximum atomic E-state index is 12.4. The number of nitrogens with one attached hydrogen (secondary N) is 1. The van der Waals surface area contributed by atoms with E-state index in [1.807, 2.05) is 31.2 Å². The van der Waals surface area contributed by atoms with E-state index in [0.717, 1.165) is 24.3 Å². The summed E-state index contributed by atoms with van der Waals surface area (Å²) in [7, 11) is 0. The van der Waals surface area contributed by atoms with Crippen molar-refractivity contribution in [2.45, 2.75) is 13.8 Å². The molecule has 2 amide bonds. The molecule has 142 valence electrons. The molecule has 2 aromatic rings. The summed E-state index contributed by atoms with van der Waals surface area (Å²) in [4.78, 5) is 32.4. The third kappa shape index (κ3) is 4.55. The average molecular weight is 368 g/mol. The van der Waals surface area contributed by atoms with Gasteiger partial charge < -0.3 is 19.9 Å². The Hall–Kier alpha value is -3.09. The predicted octanol–water partition coefficient (Wildman–Crippen LogP) is 2.92. The lowest BCUT2D eigenvalue weighted by Crippen LogP contribution is -2.49. The summed E-state index contributed by atoms with van der Waals surface area (Å²) in [6.45, 7) is 6.76. The molecule has 27 heavy (non-hydrogen) atoms. The predicted molar refractivity (Wildman–Crippen MR) is 104 cm³/mol. The molecular formula is C20H24N4O3. The van der Waals surface area contributed by atoms with E-state index in [9.17, 15) is 9.59 Å². The molecule has 1 saturated heterocycles. The molecule has 0 atom stereocenters. The Labute approximate surface area is 158 Å². The second kappa shape index (κ2) is 8.53. The molecule has 1 fully saturated rings. The molecule has 2 heterocycles. The van der Waals surface area contributed by atoms with E-state index in [1.54, 1.807) is 30.2 Å². The van der Waals surface area contributed by atoms with Crippen molar-refractivity contribution >= 4 is 23.5 Å². The largest absolute Gasteiger partial charge is 0.450 e. The van der Waals surface area contributed by atoms with Crippen molar-refractivity contribution < 1.29 is 14.3 Å². The number of anilines is 2. The number of benzene rings is 1. The third-order valence-corrected chi connectivity index (χ3v) is 4.55. The first kappa shape index (κ1) is 18.7. The standard InChI is InChI=1S/C20H24N4O3/c1-3-27-20(26)24-12-10-23(11-13-24)16-8-9-18(21-14-16)22-19(25)17-7-5-4-6-15(17)2/h4-9,14H,3,10-13H2,1-2H3,(H,21,22,25). The zero-order chi connectivity index (χ0) is 19.2. The first-order valence-electron chi connectivity index (χ1n) is 9.08. The van der Waals surface area contributed by atoms with E-state index in [2.05, 4.69) is 15.2 Å². The van der Waals surface area contributed by atoms with Crippen molar-refractivity contribution in [2.75, 3.05) is 43.0 Å². The first-order chi connectivity index (χ1) is 13.1. The Morgan fingerprint density at radius 1 is 1.11 bits per heavy atom. The minimum atomic E-state index is -0.260. The summed E-state index contributed by atoms with van der Waals surface area (Å²) in [6.07, 6.45) is 1.48. The smallest absolute Gasteiger partial charge is 0.409 e. The highest BCUT2D eigenvalue weighted by Crippen LogP contribution is 2.18. The number of nitrogens with zero attached hydrogens (tertiary/aromatic N) is 3. The molecule has 1 aliphatic rings. The Bertz CT molecular complexity index is 799. The Morgan fingerprint density at radius 3 is 2.48 bits per heavy atom. The van der Waals surface area contributed by atoms with Crippen molar-refractivity contribution in [1.82, 2.24) is 9.88 Å². The molecule has 1 aromatic carbocycles. The van der Waals surface area contributed by atoms with Crippen molar-refractivity contribution in [3.05, 3.63) is 53.7 Å². The van der Waals surface area contributed by atoms with Crippen LogP contribution in [-0.4, -0.2) is 54.7 Å². The van der Waals surface area contributed by atoms with Crippen LogP contribution in [0, 0.1) is 6.92 Å². The lowest BCUT2D eigenvalue weighted by molar-refractivity contribution is 0.102. The average Bonchev–Trinajstić information content (AvgIpc) is 2.69. The van der Waals surface area contributed by atoms with Crippen LogP contribution in [0.25, 0.3) is 0 Å². The molecule has 1 aromatic heterocycles. The summed E-state index contributed by atoms with van der Waals surface area (Å²) < 4.78 is 5.04. The van der Waals surface area contributed by atoms with Crippen LogP contribution in [0.2, 0.25) is 0 Å².